The largest absolute Gasteiger partial charge is 0.293 e. The van der Waals surface area contributed by atoms with E-state index in [1.54, 1.807) is 36.0 Å². The molecule has 0 bridgehead atoms. The molecular weight excluding hydrogens is 327 g/mol. The summed E-state index contributed by atoms with van der Waals surface area (Å²) in [6.07, 6.45) is 0. The molecule has 0 fully saturated rings. The molecule has 5 heteroatoms. The van der Waals surface area contributed by atoms with Crippen molar-refractivity contribution in [2.45, 2.75) is 9.79 Å². The van der Waals surface area contributed by atoms with Gasteiger partial charge in [0.1, 0.15) is 0 Å². The SMILES string of the molecule is O=C(CCl)c1ccc(Sc2ccc(C(=O)CCl)cc2)cc1. The van der Waals surface area contributed by atoms with Crippen molar-refractivity contribution in [3.8, 4) is 0 Å². The summed E-state index contributed by atoms with van der Waals surface area (Å²) in [5.74, 6) is -0.195. The van der Waals surface area contributed by atoms with E-state index in [4.69, 9.17) is 23.2 Å². The summed E-state index contributed by atoms with van der Waals surface area (Å²) in [4.78, 5) is 24.9. The van der Waals surface area contributed by atoms with Crippen LogP contribution in [0.4, 0.5) is 0 Å². The number of benzene rings is 2. The Bertz CT molecular complexity index is 579. The van der Waals surface area contributed by atoms with Gasteiger partial charge in [-0.05, 0) is 24.3 Å². The fourth-order valence-electron chi connectivity index (χ4n) is 1.71. The highest BCUT2D eigenvalue weighted by Gasteiger charge is 2.06. The van der Waals surface area contributed by atoms with Crippen LogP contribution in [0.25, 0.3) is 0 Å². The number of hydrogen-bond donors (Lipinski definition) is 0. The number of alkyl halides is 2. The maximum atomic E-state index is 11.4. The molecule has 0 saturated carbocycles. The second-order valence-corrected chi connectivity index (χ2v) is 5.95. The van der Waals surface area contributed by atoms with Crippen LogP contribution < -0.4 is 0 Å². The minimum absolute atomic E-state index is 0.0114. The van der Waals surface area contributed by atoms with Crippen LogP contribution in [-0.4, -0.2) is 23.3 Å². The van der Waals surface area contributed by atoms with Crippen LogP contribution in [0.5, 0.6) is 0 Å². The van der Waals surface area contributed by atoms with E-state index in [9.17, 15) is 9.59 Å². The molecular formula is C16H12Cl2O2S. The summed E-state index contributed by atoms with van der Waals surface area (Å²) >= 11 is 12.6. The van der Waals surface area contributed by atoms with E-state index in [1.165, 1.54) is 0 Å². The molecule has 0 radical (unpaired) electrons. The van der Waals surface area contributed by atoms with E-state index in [-0.39, 0.29) is 23.3 Å². The van der Waals surface area contributed by atoms with Gasteiger partial charge in [0.2, 0.25) is 0 Å². The van der Waals surface area contributed by atoms with Gasteiger partial charge in [-0.1, -0.05) is 36.0 Å². The average molecular weight is 339 g/mol. The Hall–Kier alpha value is -1.29. The van der Waals surface area contributed by atoms with Crippen molar-refractivity contribution in [3.63, 3.8) is 0 Å². The molecule has 2 aromatic carbocycles. The van der Waals surface area contributed by atoms with Crippen LogP contribution in [0.3, 0.4) is 0 Å². The molecule has 0 N–H and O–H groups in total. The standard InChI is InChI=1S/C16H12Cl2O2S/c17-9-15(19)11-1-5-13(6-2-11)21-14-7-3-12(4-8-14)16(20)10-18/h1-8H,9-10H2. The van der Waals surface area contributed by atoms with E-state index in [1.807, 2.05) is 24.3 Å². The predicted octanol–water partition coefficient (Wildman–Crippen LogP) is 4.68. The Morgan fingerprint density at radius 1 is 0.714 bits per heavy atom. The monoisotopic (exact) mass is 338 g/mol. The Labute approximate surface area is 137 Å². The lowest BCUT2D eigenvalue weighted by atomic mass is 10.1. The summed E-state index contributed by atoms with van der Waals surface area (Å²) in [6.45, 7) is 0. The molecule has 0 saturated heterocycles. The highest BCUT2D eigenvalue weighted by molar-refractivity contribution is 7.99. The minimum Gasteiger partial charge on any atom is -0.293 e. The maximum Gasteiger partial charge on any atom is 0.177 e. The fraction of sp³-hybridized carbons (Fsp3) is 0.125. The summed E-state index contributed by atoms with van der Waals surface area (Å²) in [6, 6.07) is 14.6. The number of carbonyl (C=O) groups is 2. The first-order chi connectivity index (χ1) is 10.1. The highest BCUT2D eigenvalue weighted by atomic mass is 35.5. The van der Waals surface area contributed by atoms with Crippen LogP contribution in [0, 0.1) is 0 Å². The molecule has 0 aliphatic carbocycles. The molecule has 0 aliphatic heterocycles. The van der Waals surface area contributed by atoms with Crippen molar-refractivity contribution in [1.82, 2.24) is 0 Å². The van der Waals surface area contributed by atoms with Crippen LogP contribution in [0.2, 0.25) is 0 Å². The van der Waals surface area contributed by atoms with Gasteiger partial charge >= 0.3 is 0 Å². The van der Waals surface area contributed by atoms with Crippen LogP contribution in [-0.2, 0) is 0 Å². The third-order valence-electron chi connectivity index (χ3n) is 2.83. The number of Topliss-reactive ketones (excluding diaryl/α,β-unsaturated/α-hetero) is 2. The van der Waals surface area contributed by atoms with E-state index in [2.05, 4.69) is 0 Å². The number of ketones is 2. The average Bonchev–Trinajstić information content (AvgIpc) is 2.55. The summed E-state index contributed by atoms with van der Waals surface area (Å²) < 4.78 is 0. The quantitative estimate of drug-likeness (QED) is 0.566. The van der Waals surface area contributed by atoms with Crippen molar-refractivity contribution in [1.29, 1.82) is 0 Å². The second-order valence-electron chi connectivity index (χ2n) is 4.26. The summed E-state index contributed by atoms with van der Waals surface area (Å²) in [5, 5.41) is 0. The van der Waals surface area contributed by atoms with E-state index in [0.717, 1.165) is 9.79 Å². The molecule has 2 rings (SSSR count). The van der Waals surface area contributed by atoms with Crippen molar-refractivity contribution < 1.29 is 9.59 Å². The number of hydrogen-bond acceptors (Lipinski definition) is 3. The van der Waals surface area contributed by atoms with Gasteiger partial charge in [-0.3, -0.25) is 9.59 Å². The molecule has 0 amide bonds. The minimum atomic E-state index is -0.0860. The van der Waals surface area contributed by atoms with Gasteiger partial charge in [-0.2, -0.15) is 0 Å². The molecule has 2 aromatic rings. The van der Waals surface area contributed by atoms with Crippen LogP contribution >= 0.6 is 35.0 Å². The van der Waals surface area contributed by atoms with Gasteiger partial charge in [-0.25, -0.2) is 0 Å². The molecule has 0 unspecified atom stereocenters. The topological polar surface area (TPSA) is 34.1 Å². The lowest BCUT2D eigenvalue weighted by molar-refractivity contribution is 0.101. The third-order valence-corrected chi connectivity index (χ3v) is 4.33. The molecule has 0 atom stereocenters. The van der Waals surface area contributed by atoms with Crippen molar-refractivity contribution in [2.24, 2.45) is 0 Å². The Kier molecular flexibility index (Phi) is 5.85. The molecule has 0 heterocycles. The number of rotatable bonds is 6. The van der Waals surface area contributed by atoms with Crippen LogP contribution in [0.15, 0.2) is 58.3 Å². The normalized spacial score (nSPS) is 10.4. The zero-order valence-electron chi connectivity index (χ0n) is 11.0. The molecule has 21 heavy (non-hydrogen) atoms. The van der Waals surface area contributed by atoms with Gasteiger partial charge in [0.25, 0.3) is 0 Å². The van der Waals surface area contributed by atoms with Gasteiger partial charge in [-0.15, -0.1) is 23.2 Å². The number of halogens is 2. The van der Waals surface area contributed by atoms with Gasteiger partial charge in [0, 0.05) is 20.9 Å². The maximum absolute atomic E-state index is 11.4. The van der Waals surface area contributed by atoms with E-state index >= 15 is 0 Å². The Balaban J connectivity index is 2.08. The van der Waals surface area contributed by atoms with Gasteiger partial charge in [0.05, 0.1) is 11.8 Å². The zero-order chi connectivity index (χ0) is 15.2. The number of carbonyl (C=O) groups excluding carboxylic acids is 2. The smallest absolute Gasteiger partial charge is 0.177 e. The Morgan fingerprint density at radius 2 is 1.05 bits per heavy atom. The van der Waals surface area contributed by atoms with Crippen molar-refractivity contribution >= 4 is 46.5 Å². The first-order valence-electron chi connectivity index (χ1n) is 6.20. The molecule has 0 aromatic heterocycles. The Morgan fingerprint density at radius 3 is 1.33 bits per heavy atom. The molecule has 0 spiro atoms. The zero-order valence-corrected chi connectivity index (χ0v) is 13.3. The van der Waals surface area contributed by atoms with E-state index in [0.29, 0.717) is 11.1 Å². The van der Waals surface area contributed by atoms with E-state index < -0.39 is 0 Å². The van der Waals surface area contributed by atoms with Crippen LogP contribution in [0.1, 0.15) is 20.7 Å². The molecule has 0 aliphatic rings. The third kappa shape index (κ3) is 4.34. The highest BCUT2D eigenvalue weighted by Crippen LogP contribution is 2.28. The first kappa shape index (κ1) is 16.1. The lowest BCUT2D eigenvalue weighted by Crippen LogP contribution is -1.99. The summed E-state index contributed by atoms with van der Waals surface area (Å²) in [7, 11) is 0. The summed E-state index contributed by atoms with van der Waals surface area (Å²) in [5.41, 5.74) is 1.22. The first-order valence-corrected chi connectivity index (χ1v) is 8.09. The van der Waals surface area contributed by atoms with Gasteiger partial charge < -0.3 is 0 Å². The van der Waals surface area contributed by atoms with Crippen molar-refractivity contribution in [2.75, 3.05) is 11.8 Å². The van der Waals surface area contributed by atoms with Crippen molar-refractivity contribution in [3.05, 3.63) is 59.7 Å². The molecule has 108 valence electrons. The second kappa shape index (κ2) is 7.64. The van der Waals surface area contributed by atoms with Gasteiger partial charge in [0.15, 0.2) is 11.6 Å². The predicted molar refractivity (Wildman–Crippen MR) is 87.1 cm³/mol. The fourth-order valence-corrected chi connectivity index (χ4v) is 2.83. The molecule has 2 nitrogen and oxygen atoms in total. The lowest BCUT2D eigenvalue weighted by Gasteiger charge is -2.04.